The van der Waals surface area contributed by atoms with E-state index in [-0.39, 0.29) is 36.7 Å². The summed E-state index contributed by atoms with van der Waals surface area (Å²) < 4.78 is 17.7. The summed E-state index contributed by atoms with van der Waals surface area (Å²) in [5.41, 5.74) is 0.642. The summed E-state index contributed by atoms with van der Waals surface area (Å²) in [6, 6.07) is 5.99. The third-order valence-electron chi connectivity index (χ3n) is 8.03. The number of carbonyl (C=O) groups is 3. The van der Waals surface area contributed by atoms with Crippen LogP contribution in [-0.2, 0) is 14.4 Å². The highest BCUT2D eigenvalue weighted by atomic mass is 19.1. The van der Waals surface area contributed by atoms with E-state index in [1.807, 2.05) is 4.90 Å². The summed E-state index contributed by atoms with van der Waals surface area (Å²) in [5.74, 6) is -0.172. The molecule has 2 heterocycles. The standard InChI is InChI=1S/C30H46FN3O5/c1-2-3-4-5-23-18-25(21-34(20-23)28(35)11-6-22-12-15-32-16-13-22)30(38)33-27(19-29(36)37)24-7-9-26(10-8-24)39-17-14-31/h7-10,22-23,25,27,32H,2-6,11-21H2,1H3,(H,33,38)(H,36,37). The molecule has 3 unspecified atom stereocenters. The molecular formula is C30H46FN3O5. The van der Waals surface area contributed by atoms with E-state index in [2.05, 4.69) is 17.6 Å². The minimum Gasteiger partial charge on any atom is -0.491 e. The molecule has 3 atom stereocenters. The van der Waals surface area contributed by atoms with Crippen LogP contribution in [0.15, 0.2) is 24.3 Å². The lowest BCUT2D eigenvalue weighted by Gasteiger charge is -2.38. The Morgan fingerprint density at radius 3 is 2.51 bits per heavy atom. The minimum atomic E-state index is -1.02. The van der Waals surface area contributed by atoms with Gasteiger partial charge in [-0.3, -0.25) is 14.4 Å². The highest BCUT2D eigenvalue weighted by Crippen LogP contribution is 2.29. The molecule has 2 saturated heterocycles. The van der Waals surface area contributed by atoms with E-state index < -0.39 is 18.7 Å². The first-order valence-corrected chi connectivity index (χ1v) is 14.7. The number of unbranched alkanes of at least 4 members (excludes halogenated alkanes) is 2. The number of carboxylic acids is 1. The maximum atomic E-state index is 13.5. The van der Waals surface area contributed by atoms with Crippen LogP contribution in [0.1, 0.15) is 82.7 Å². The molecule has 3 rings (SSSR count). The molecule has 0 aliphatic carbocycles. The van der Waals surface area contributed by atoms with Gasteiger partial charge in [-0.25, -0.2) is 4.39 Å². The van der Waals surface area contributed by atoms with Gasteiger partial charge in [-0.1, -0.05) is 38.3 Å². The first-order chi connectivity index (χ1) is 18.9. The number of nitrogens with zero attached hydrogens (tertiary/aromatic N) is 1. The van der Waals surface area contributed by atoms with Gasteiger partial charge in [0.25, 0.3) is 0 Å². The molecule has 2 amide bonds. The number of halogens is 1. The molecule has 2 aliphatic rings. The van der Waals surface area contributed by atoms with Crippen LogP contribution in [0.4, 0.5) is 4.39 Å². The third-order valence-corrected chi connectivity index (χ3v) is 8.03. The van der Waals surface area contributed by atoms with Gasteiger partial charge in [0, 0.05) is 19.5 Å². The molecule has 3 N–H and O–H groups in total. The van der Waals surface area contributed by atoms with Crippen LogP contribution < -0.4 is 15.4 Å². The number of aliphatic carboxylic acids is 1. The number of hydrogen-bond donors (Lipinski definition) is 3. The molecule has 0 bridgehead atoms. The van der Waals surface area contributed by atoms with Crippen LogP contribution in [-0.4, -0.2) is 67.3 Å². The van der Waals surface area contributed by atoms with Crippen molar-refractivity contribution in [2.45, 2.75) is 77.2 Å². The van der Waals surface area contributed by atoms with E-state index in [1.165, 1.54) is 0 Å². The van der Waals surface area contributed by atoms with E-state index in [9.17, 15) is 23.9 Å². The molecule has 2 fully saturated rings. The molecule has 0 saturated carbocycles. The number of ether oxygens (including phenoxy) is 1. The second kappa shape index (κ2) is 16.4. The number of likely N-dealkylation sites (tertiary alicyclic amines) is 1. The normalized spacial score (nSPS) is 20.8. The zero-order chi connectivity index (χ0) is 28.0. The van der Waals surface area contributed by atoms with Crippen molar-refractivity contribution in [1.29, 1.82) is 0 Å². The predicted molar refractivity (Wildman–Crippen MR) is 148 cm³/mol. The lowest BCUT2D eigenvalue weighted by atomic mass is 9.84. The SMILES string of the molecule is CCCCCC1CC(C(=O)NC(CC(=O)O)c2ccc(OCCF)cc2)CN(C(=O)CCC2CCNCC2)C1. The van der Waals surface area contributed by atoms with Crippen molar-refractivity contribution in [2.24, 2.45) is 17.8 Å². The van der Waals surface area contributed by atoms with Crippen LogP contribution >= 0.6 is 0 Å². The summed E-state index contributed by atoms with van der Waals surface area (Å²) in [6.45, 7) is 4.59. The molecule has 218 valence electrons. The Kier molecular flexibility index (Phi) is 13.0. The summed E-state index contributed by atoms with van der Waals surface area (Å²) >= 11 is 0. The zero-order valence-corrected chi connectivity index (χ0v) is 23.3. The highest BCUT2D eigenvalue weighted by Gasteiger charge is 2.35. The minimum absolute atomic E-state index is 0.0528. The van der Waals surface area contributed by atoms with Crippen molar-refractivity contribution < 1.29 is 28.6 Å². The second-order valence-corrected chi connectivity index (χ2v) is 11.1. The summed E-state index contributed by atoms with van der Waals surface area (Å²) in [6.07, 6.45) is 8.34. The maximum absolute atomic E-state index is 13.5. The van der Waals surface area contributed by atoms with Crippen molar-refractivity contribution >= 4 is 17.8 Å². The molecule has 1 aromatic carbocycles. The number of carbonyl (C=O) groups excluding carboxylic acids is 2. The first-order valence-electron chi connectivity index (χ1n) is 14.7. The number of benzene rings is 1. The Balaban J connectivity index is 1.66. The van der Waals surface area contributed by atoms with Gasteiger partial charge in [-0.2, -0.15) is 0 Å². The number of rotatable bonds is 15. The van der Waals surface area contributed by atoms with E-state index >= 15 is 0 Å². The van der Waals surface area contributed by atoms with Crippen LogP contribution in [0.25, 0.3) is 0 Å². The molecule has 39 heavy (non-hydrogen) atoms. The molecule has 1 aromatic rings. The Hall–Kier alpha value is -2.68. The number of carboxylic acid groups (broad SMARTS) is 1. The van der Waals surface area contributed by atoms with E-state index in [0.29, 0.717) is 43.2 Å². The highest BCUT2D eigenvalue weighted by molar-refractivity contribution is 5.82. The monoisotopic (exact) mass is 547 g/mol. The van der Waals surface area contributed by atoms with Gasteiger partial charge in [-0.15, -0.1) is 0 Å². The Morgan fingerprint density at radius 1 is 1.10 bits per heavy atom. The van der Waals surface area contributed by atoms with E-state index in [1.54, 1.807) is 24.3 Å². The van der Waals surface area contributed by atoms with Gasteiger partial charge in [0.1, 0.15) is 19.0 Å². The number of amides is 2. The van der Waals surface area contributed by atoms with Crippen LogP contribution in [0, 0.1) is 17.8 Å². The first kappa shape index (κ1) is 30.9. The molecule has 9 heteroatoms. The molecule has 0 radical (unpaired) electrons. The van der Waals surface area contributed by atoms with Crippen molar-refractivity contribution in [3.8, 4) is 5.75 Å². The smallest absolute Gasteiger partial charge is 0.305 e. The summed E-state index contributed by atoms with van der Waals surface area (Å²) in [5, 5.41) is 15.8. The molecule has 0 aromatic heterocycles. The molecule has 0 spiro atoms. The van der Waals surface area contributed by atoms with Crippen LogP contribution in [0.5, 0.6) is 5.75 Å². The zero-order valence-electron chi connectivity index (χ0n) is 23.3. The van der Waals surface area contributed by atoms with Crippen molar-refractivity contribution in [1.82, 2.24) is 15.5 Å². The summed E-state index contributed by atoms with van der Waals surface area (Å²) in [4.78, 5) is 40.3. The topological polar surface area (TPSA) is 108 Å². The van der Waals surface area contributed by atoms with Crippen molar-refractivity contribution in [3.63, 3.8) is 0 Å². The van der Waals surface area contributed by atoms with Crippen molar-refractivity contribution in [2.75, 3.05) is 39.5 Å². The van der Waals surface area contributed by atoms with Gasteiger partial charge in [0.15, 0.2) is 0 Å². The average Bonchev–Trinajstić information content (AvgIpc) is 2.95. The predicted octanol–water partition coefficient (Wildman–Crippen LogP) is 4.49. The Bertz CT molecular complexity index is 906. The van der Waals surface area contributed by atoms with Crippen molar-refractivity contribution in [3.05, 3.63) is 29.8 Å². The lowest BCUT2D eigenvalue weighted by molar-refractivity contribution is -0.138. The second-order valence-electron chi connectivity index (χ2n) is 11.1. The largest absolute Gasteiger partial charge is 0.491 e. The third kappa shape index (κ3) is 10.4. The van der Waals surface area contributed by atoms with Gasteiger partial charge in [0.05, 0.1) is 18.4 Å². The van der Waals surface area contributed by atoms with E-state index in [0.717, 1.165) is 58.0 Å². The Morgan fingerprint density at radius 2 is 1.85 bits per heavy atom. The fraction of sp³-hybridized carbons (Fsp3) is 0.700. The fourth-order valence-electron chi connectivity index (χ4n) is 5.81. The quantitative estimate of drug-likeness (QED) is 0.279. The number of alkyl halides is 1. The number of piperidine rings is 2. The summed E-state index contributed by atoms with van der Waals surface area (Å²) in [7, 11) is 0. The Labute approximate surface area is 232 Å². The van der Waals surface area contributed by atoms with Gasteiger partial charge in [0.2, 0.25) is 11.8 Å². The van der Waals surface area contributed by atoms with Crippen LogP contribution in [0.3, 0.4) is 0 Å². The van der Waals surface area contributed by atoms with Gasteiger partial charge >= 0.3 is 5.97 Å². The van der Waals surface area contributed by atoms with Gasteiger partial charge in [-0.05, 0) is 74.7 Å². The van der Waals surface area contributed by atoms with Gasteiger partial charge < -0.3 is 25.4 Å². The lowest BCUT2D eigenvalue weighted by Crippen LogP contribution is -2.49. The average molecular weight is 548 g/mol. The molecule has 8 nitrogen and oxygen atoms in total. The fourth-order valence-corrected chi connectivity index (χ4v) is 5.81. The van der Waals surface area contributed by atoms with E-state index in [4.69, 9.17) is 4.74 Å². The number of nitrogens with one attached hydrogen (secondary N) is 2. The number of hydrogen-bond acceptors (Lipinski definition) is 5. The molecule has 2 aliphatic heterocycles. The molecular weight excluding hydrogens is 501 g/mol. The van der Waals surface area contributed by atoms with Crippen LogP contribution in [0.2, 0.25) is 0 Å². The maximum Gasteiger partial charge on any atom is 0.305 e.